The van der Waals surface area contributed by atoms with Crippen molar-refractivity contribution in [3.05, 3.63) is 22.8 Å². The van der Waals surface area contributed by atoms with E-state index in [2.05, 4.69) is 41.5 Å². The Balaban J connectivity index is 1.66. The van der Waals surface area contributed by atoms with Crippen molar-refractivity contribution in [1.29, 1.82) is 0 Å². The highest BCUT2D eigenvalue weighted by atomic mass is 16.4. The summed E-state index contributed by atoms with van der Waals surface area (Å²) in [6.45, 7) is 15.3. The van der Waals surface area contributed by atoms with Gasteiger partial charge in [-0.25, -0.2) is 4.79 Å². The Kier molecular flexibility index (Phi) is 6.07. The lowest BCUT2D eigenvalue weighted by Crippen LogP contribution is -2.57. The maximum atomic E-state index is 12.8. The summed E-state index contributed by atoms with van der Waals surface area (Å²) in [6, 6.07) is 0. The molecule has 34 heavy (non-hydrogen) atoms. The molecule has 4 nitrogen and oxygen atoms in total. The first-order valence-electron chi connectivity index (χ1n) is 13.5. The van der Waals surface area contributed by atoms with E-state index in [0.717, 1.165) is 51.4 Å². The lowest BCUT2D eigenvalue weighted by Gasteiger charge is -2.62. The van der Waals surface area contributed by atoms with Gasteiger partial charge in [-0.3, -0.25) is 4.79 Å². The normalized spacial score (nSPS) is 42.6. The van der Waals surface area contributed by atoms with E-state index in [1.54, 1.807) is 24.1 Å². The second-order valence-electron chi connectivity index (χ2n) is 13.4. The van der Waals surface area contributed by atoms with Crippen molar-refractivity contribution in [2.24, 2.45) is 33.5 Å². The van der Waals surface area contributed by atoms with Gasteiger partial charge in [0.05, 0.1) is 5.60 Å². The molecule has 3 unspecified atom stereocenters. The SMILES string of the molecule is C/C(=C/CCC(C)C1(O)CC[C@@]2(C)C3=C(CC[C@]12C)[C@@]1(C)CCC(=O)C(C)(C)C1CC3)C(=O)O. The first kappa shape index (κ1) is 25.7. The Labute approximate surface area is 206 Å². The lowest BCUT2D eigenvalue weighted by atomic mass is 9.43. The number of ketones is 1. The van der Waals surface area contributed by atoms with Crippen molar-refractivity contribution < 1.29 is 19.8 Å². The molecule has 4 aliphatic carbocycles. The third-order valence-electron chi connectivity index (χ3n) is 11.9. The first-order valence-corrected chi connectivity index (χ1v) is 13.5. The van der Waals surface area contributed by atoms with Crippen molar-refractivity contribution in [1.82, 2.24) is 0 Å². The van der Waals surface area contributed by atoms with Gasteiger partial charge in [-0.2, -0.15) is 0 Å². The van der Waals surface area contributed by atoms with Crippen LogP contribution < -0.4 is 0 Å². The quantitative estimate of drug-likeness (QED) is 0.340. The molecule has 0 heterocycles. The van der Waals surface area contributed by atoms with Crippen molar-refractivity contribution in [3.63, 3.8) is 0 Å². The highest BCUT2D eigenvalue weighted by Crippen LogP contribution is 2.73. The Hall–Kier alpha value is -1.42. The van der Waals surface area contributed by atoms with Crippen LogP contribution in [-0.4, -0.2) is 27.6 Å². The van der Waals surface area contributed by atoms with E-state index in [4.69, 9.17) is 5.11 Å². The number of Topliss-reactive ketones (excluding diaryl/α,β-unsaturated/α-hetero) is 1. The zero-order chi connectivity index (χ0) is 25.3. The minimum Gasteiger partial charge on any atom is -0.478 e. The van der Waals surface area contributed by atoms with E-state index in [1.165, 1.54) is 0 Å². The van der Waals surface area contributed by atoms with Gasteiger partial charge in [0.25, 0.3) is 0 Å². The summed E-state index contributed by atoms with van der Waals surface area (Å²) in [4.78, 5) is 24.0. The van der Waals surface area contributed by atoms with E-state index < -0.39 is 11.6 Å². The number of rotatable bonds is 5. The number of carboxylic acid groups (broad SMARTS) is 1. The molecule has 2 fully saturated rings. The van der Waals surface area contributed by atoms with Crippen LogP contribution in [0.1, 0.15) is 113 Å². The van der Waals surface area contributed by atoms with E-state index in [-0.39, 0.29) is 27.6 Å². The van der Waals surface area contributed by atoms with Crippen LogP contribution in [0.2, 0.25) is 0 Å². The molecular weight excluding hydrogens is 424 g/mol. The Morgan fingerprint density at radius 1 is 1.03 bits per heavy atom. The summed E-state index contributed by atoms with van der Waals surface area (Å²) in [5, 5.41) is 21.4. The van der Waals surface area contributed by atoms with Gasteiger partial charge in [0.2, 0.25) is 0 Å². The van der Waals surface area contributed by atoms with E-state index >= 15 is 0 Å². The van der Waals surface area contributed by atoms with E-state index in [1.807, 2.05) is 0 Å². The van der Waals surface area contributed by atoms with Crippen LogP contribution in [0, 0.1) is 33.5 Å². The number of hydrogen-bond donors (Lipinski definition) is 2. The van der Waals surface area contributed by atoms with Crippen LogP contribution in [0.25, 0.3) is 0 Å². The van der Waals surface area contributed by atoms with Crippen LogP contribution in [0.4, 0.5) is 0 Å². The Bertz CT molecular complexity index is 957. The predicted molar refractivity (Wildman–Crippen MR) is 135 cm³/mol. The van der Waals surface area contributed by atoms with Crippen molar-refractivity contribution in [2.75, 3.05) is 0 Å². The van der Waals surface area contributed by atoms with Gasteiger partial charge in [0, 0.05) is 22.8 Å². The third-order valence-corrected chi connectivity index (χ3v) is 11.9. The number of carbonyl (C=O) groups is 2. The third kappa shape index (κ3) is 3.26. The number of hydrogen-bond acceptors (Lipinski definition) is 3. The number of aliphatic hydroxyl groups is 1. The molecule has 0 aromatic rings. The molecule has 0 saturated heterocycles. The van der Waals surface area contributed by atoms with Gasteiger partial charge < -0.3 is 10.2 Å². The molecule has 4 heteroatoms. The molecule has 4 aliphatic rings. The van der Waals surface area contributed by atoms with Gasteiger partial charge in [-0.1, -0.05) is 58.8 Å². The molecule has 4 rings (SSSR count). The average Bonchev–Trinajstić information content (AvgIpc) is 2.99. The number of allylic oxidation sites excluding steroid dienone is 3. The summed E-state index contributed by atoms with van der Waals surface area (Å²) in [6.07, 6.45) is 10.9. The standard InChI is InChI=1S/C30H46O4/c1-19(25(32)33)9-8-10-20(2)30(34)18-17-28(6)22-11-12-23-26(3,4)24(31)14-15-27(23,5)21(22)13-16-29(28,30)7/h9,20,23,34H,8,10-18H2,1-7H3,(H,32,33)/b19-9-/t20?,23?,27-,28+,29+,30?/m1/s1. The molecular formula is C30H46O4. The zero-order valence-corrected chi connectivity index (χ0v) is 22.5. The minimum absolute atomic E-state index is 0.0179. The van der Waals surface area contributed by atoms with Gasteiger partial charge in [0.15, 0.2) is 0 Å². The van der Waals surface area contributed by atoms with Crippen molar-refractivity contribution in [2.45, 2.75) is 118 Å². The highest BCUT2D eigenvalue weighted by Gasteiger charge is 2.68. The van der Waals surface area contributed by atoms with Crippen molar-refractivity contribution in [3.8, 4) is 0 Å². The number of aliphatic carboxylic acids is 1. The molecule has 2 saturated carbocycles. The predicted octanol–water partition coefficient (Wildman–Crippen LogP) is 6.87. The van der Waals surface area contributed by atoms with Gasteiger partial charge in [-0.15, -0.1) is 0 Å². The molecule has 6 atom stereocenters. The first-order chi connectivity index (χ1) is 15.6. The van der Waals surface area contributed by atoms with Crippen molar-refractivity contribution >= 4 is 11.8 Å². The fraction of sp³-hybridized carbons (Fsp3) is 0.800. The molecule has 0 bridgehead atoms. The summed E-state index contributed by atoms with van der Waals surface area (Å²) < 4.78 is 0. The summed E-state index contributed by atoms with van der Waals surface area (Å²) in [7, 11) is 0. The summed E-state index contributed by atoms with van der Waals surface area (Å²) >= 11 is 0. The van der Waals surface area contributed by atoms with Crippen LogP contribution in [0.3, 0.4) is 0 Å². The highest BCUT2D eigenvalue weighted by molar-refractivity contribution is 5.86. The second kappa shape index (κ2) is 8.05. The molecule has 0 amide bonds. The minimum atomic E-state index is -0.866. The van der Waals surface area contributed by atoms with E-state index in [0.29, 0.717) is 30.1 Å². The van der Waals surface area contributed by atoms with Gasteiger partial charge >= 0.3 is 5.97 Å². The Morgan fingerprint density at radius 2 is 1.71 bits per heavy atom. The number of carboxylic acids is 1. The van der Waals surface area contributed by atoms with Gasteiger partial charge in [0.1, 0.15) is 5.78 Å². The average molecular weight is 471 g/mol. The molecule has 0 aromatic carbocycles. The molecule has 0 radical (unpaired) electrons. The summed E-state index contributed by atoms with van der Waals surface area (Å²) in [5.41, 5.74) is 2.51. The molecule has 0 spiro atoms. The maximum Gasteiger partial charge on any atom is 0.330 e. The topological polar surface area (TPSA) is 74.6 Å². The fourth-order valence-corrected chi connectivity index (χ4v) is 9.22. The van der Waals surface area contributed by atoms with Crippen LogP contribution in [0.5, 0.6) is 0 Å². The molecule has 190 valence electrons. The lowest BCUT2D eigenvalue weighted by molar-refractivity contribution is -0.143. The maximum absolute atomic E-state index is 12.8. The van der Waals surface area contributed by atoms with Gasteiger partial charge in [-0.05, 0) is 87.4 Å². The zero-order valence-electron chi connectivity index (χ0n) is 22.5. The molecule has 0 aromatic heterocycles. The molecule has 2 N–H and O–H groups in total. The smallest absolute Gasteiger partial charge is 0.330 e. The fourth-order valence-electron chi connectivity index (χ4n) is 9.22. The van der Waals surface area contributed by atoms with Crippen LogP contribution in [-0.2, 0) is 9.59 Å². The molecule has 0 aliphatic heterocycles. The Morgan fingerprint density at radius 3 is 2.35 bits per heavy atom. The number of fused-ring (bicyclic) bond motifs is 4. The van der Waals surface area contributed by atoms with Crippen LogP contribution in [0.15, 0.2) is 22.8 Å². The largest absolute Gasteiger partial charge is 0.478 e. The van der Waals surface area contributed by atoms with Crippen LogP contribution >= 0.6 is 0 Å². The summed E-state index contributed by atoms with van der Waals surface area (Å²) in [5.74, 6) is 0.0891. The monoisotopic (exact) mass is 470 g/mol. The second-order valence-corrected chi connectivity index (χ2v) is 13.4. The number of carbonyl (C=O) groups excluding carboxylic acids is 1. The van der Waals surface area contributed by atoms with E-state index in [9.17, 15) is 14.7 Å².